The number of hydrogen-bond donors (Lipinski definition) is 1. The third-order valence-corrected chi connectivity index (χ3v) is 2.37. The van der Waals surface area contributed by atoms with Gasteiger partial charge >= 0.3 is 0 Å². The minimum Gasteiger partial charge on any atom is -0.375 e. The summed E-state index contributed by atoms with van der Waals surface area (Å²) < 4.78 is 15.3. The van der Waals surface area contributed by atoms with Crippen LogP contribution in [0.5, 0.6) is 0 Å². The van der Waals surface area contributed by atoms with Crippen LogP contribution in [0.2, 0.25) is 0 Å². The largest absolute Gasteiger partial charge is 0.375 e. The van der Waals surface area contributed by atoms with Crippen LogP contribution in [0, 0.1) is 0 Å². The minimum absolute atomic E-state index is 0.245. The van der Waals surface area contributed by atoms with Crippen molar-refractivity contribution in [1.82, 2.24) is 0 Å². The molecule has 1 N–H and O–H groups in total. The Morgan fingerprint density at radius 2 is 2.46 bits per heavy atom. The van der Waals surface area contributed by atoms with E-state index in [-0.39, 0.29) is 6.10 Å². The number of hydrogen-bond acceptors (Lipinski definition) is 4. The Hall–Kier alpha value is -0.420. The van der Waals surface area contributed by atoms with Crippen molar-refractivity contribution in [3.63, 3.8) is 0 Å². The van der Waals surface area contributed by atoms with E-state index in [0.717, 1.165) is 0 Å². The van der Waals surface area contributed by atoms with Crippen LogP contribution in [0.4, 0.5) is 0 Å². The van der Waals surface area contributed by atoms with E-state index >= 15 is 0 Å². The second kappa shape index (κ2) is 4.19. The fourth-order valence-electron chi connectivity index (χ4n) is 1.34. The third kappa shape index (κ3) is 2.28. The molecule has 1 heterocycles. The first kappa shape index (κ1) is 10.7. The number of aliphatic hydroxyl groups is 1. The minimum atomic E-state index is -1.12. The van der Waals surface area contributed by atoms with E-state index in [0.29, 0.717) is 13.0 Å². The van der Waals surface area contributed by atoms with Gasteiger partial charge in [-0.15, -0.1) is 6.58 Å². The van der Waals surface area contributed by atoms with Crippen molar-refractivity contribution in [3.05, 3.63) is 12.7 Å². The Kier molecular flexibility index (Phi) is 3.44. The van der Waals surface area contributed by atoms with Gasteiger partial charge in [0, 0.05) is 7.11 Å². The van der Waals surface area contributed by atoms with Crippen LogP contribution < -0.4 is 0 Å². The summed E-state index contributed by atoms with van der Waals surface area (Å²) in [6.45, 7) is 4.77. The molecule has 0 radical (unpaired) electrons. The molecule has 1 aliphatic rings. The molecule has 1 saturated heterocycles. The average Bonchev–Trinajstić information content (AvgIpc) is 2.52. The Bertz CT molecular complexity index is 182. The van der Waals surface area contributed by atoms with E-state index in [4.69, 9.17) is 19.3 Å². The van der Waals surface area contributed by atoms with Gasteiger partial charge in [-0.05, 0) is 13.3 Å². The van der Waals surface area contributed by atoms with Crippen molar-refractivity contribution < 1.29 is 19.3 Å². The molecule has 1 fully saturated rings. The predicted molar refractivity (Wildman–Crippen MR) is 47.1 cm³/mol. The molecule has 0 aliphatic carbocycles. The lowest BCUT2D eigenvalue weighted by Gasteiger charge is -2.31. The number of aliphatic hydroxyl groups excluding tert-OH is 1. The van der Waals surface area contributed by atoms with Crippen molar-refractivity contribution >= 4 is 0 Å². The molecule has 0 amide bonds. The van der Waals surface area contributed by atoms with Crippen LogP contribution in [0.3, 0.4) is 0 Å². The first-order valence-electron chi connectivity index (χ1n) is 4.23. The summed E-state index contributed by atoms with van der Waals surface area (Å²) in [5.41, 5.74) is -0.473. The maximum Gasteiger partial charge on any atom is 0.269 e. The van der Waals surface area contributed by atoms with Crippen molar-refractivity contribution in [2.24, 2.45) is 0 Å². The first-order valence-corrected chi connectivity index (χ1v) is 4.23. The van der Waals surface area contributed by atoms with Gasteiger partial charge in [-0.25, -0.2) is 0 Å². The van der Waals surface area contributed by atoms with Crippen LogP contribution >= 0.6 is 0 Å². The topological polar surface area (TPSA) is 47.9 Å². The van der Waals surface area contributed by atoms with E-state index in [1.807, 2.05) is 6.92 Å². The molecule has 0 aromatic rings. The lowest BCUT2D eigenvalue weighted by molar-refractivity contribution is -0.221. The summed E-state index contributed by atoms with van der Waals surface area (Å²) in [6.07, 6.45) is 2.17. The van der Waals surface area contributed by atoms with Crippen molar-refractivity contribution in [1.29, 1.82) is 0 Å². The molecule has 0 spiro atoms. The third-order valence-electron chi connectivity index (χ3n) is 2.37. The van der Waals surface area contributed by atoms with Gasteiger partial charge in [-0.2, -0.15) is 0 Å². The van der Waals surface area contributed by atoms with Gasteiger partial charge in [0.05, 0.1) is 12.2 Å². The van der Waals surface area contributed by atoms with Crippen LogP contribution in [-0.4, -0.2) is 37.0 Å². The van der Waals surface area contributed by atoms with Gasteiger partial charge in [0.25, 0.3) is 6.48 Å². The Morgan fingerprint density at radius 3 is 2.85 bits per heavy atom. The lowest BCUT2D eigenvalue weighted by Crippen LogP contribution is -2.42. The quantitative estimate of drug-likeness (QED) is 0.658. The molecule has 13 heavy (non-hydrogen) atoms. The molecule has 0 aromatic carbocycles. The number of methoxy groups -OCH3 is 1. The highest BCUT2D eigenvalue weighted by Crippen LogP contribution is 2.27. The fraction of sp³-hybridized carbons (Fsp3) is 0.778. The van der Waals surface area contributed by atoms with Crippen molar-refractivity contribution in [3.8, 4) is 0 Å². The van der Waals surface area contributed by atoms with Gasteiger partial charge < -0.3 is 19.3 Å². The maximum atomic E-state index is 9.00. The standard InChI is InChI=1S/C9H16O4/c1-4-5-9(2,11-3)7-6-12-8(10)13-7/h4,7-8,10H,1,5-6H2,2-3H3/t7-,8-,9-/m1/s1. The predicted octanol–water partition coefficient (Wildman–Crippen LogP) is 0.659. The monoisotopic (exact) mass is 188 g/mol. The second-order valence-electron chi connectivity index (χ2n) is 3.27. The highest BCUT2D eigenvalue weighted by molar-refractivity contribution is 4.92. The molecule has 0 unspecified atom stereocenters. The smallest absolute Gasteiger partial charge is 0.269 e. The maximum absolute atomic E-state index is 9.00. The summed E-state index contributed by atoms with van der Waals surface area (Å²) in [5.74, 6) is 0. The average molecular weight is 188 g/mol. The van der Waals surface area contributed by atoms with E-state index in [1.54, 1.807) is 13.2 Å². The highest BCUT2D eigenvalue weighted by Gasteiger charge is 2.40. The zero-order chi connectivity index (χ0) is 9.90. The van der Waals surface area contributed by atoms with Gasteiger partial charge in [-0.1, -0.05) is 6.08 Å². The van der Waals surface area contributed by atoms with E-state index in [1.165, 1.54) is 0 Å². The zero-order valence-electron chi connectivity index (χ0n) is 8.03. The summed E-state index contributed by atoms with van der Waals surface area (Å²) in [4.78, 5) is 0. The van der Waals surface area contributed by atoms with E-state index < -0.39 is 12.1 Å². The van der Waals surface area contributed by atoms with Crippen molar-refractivity contribution in [2.45, 2.75) is 31.5 Å². The molecule has 0 saturated carbocycles. The first-order chi connectivity index (χ1) is 6.12. The number of rotatable bonds is 4. The van der Waals surface area contributed by atoms with Crippen molar-refractivity contribution in [2.75, 3.05) is 13.7 Å². The molecule has 3 atom stereocenters. The van der Waals surface area contributed by atoms with E-state index in [2.05, 4.69) is 6.58 Å². The van der Waals surface area contributed by atoms with Gasteiger partial charge in [0.15, 0.2) is 0 Å². The van der Waals surface area contributed by atoms with Gasteiger partial charge in [0.2, 0.25) is 0 Å². The Labute approximate surface area is 78.1 Å². The van der Waals surface area contributed by atoms with Crippen LogP contribution in [0.15, 0.2) is 12.7 Å². The SMILES string of the molecule is C=CC[C@@](C)(OC)[C@H]1CO[C@@H](O)O1. The summed E-state index contributed by atoms with van der Waals surface area (Å²) >= 11 is 0. The molecule has 0 bridgehead atoms. The lowest BCUT2D eigenvalue weighted by atomic mass is 9.95. The van der Waals surface area contributed by atoms with Crippen LogP contribution in [0.25, 0.3) is 0 Å². The van der Waals surface area contributed by atoms with Gasteiger partial charge in [0.1, 0.15) is 6.10 Å². The fourth-order valence-corrected chi connectivity index (χ4v) is 1.34. The van der Waals surface area contributed by atoms with Gasteiger partial charge in [-0.3, -0.25) is 0 Å². The molecule has 0 aromatic heterocycles. The van der Waals surface area contributed by atoms with Crippen LogP contribution in [0.1, 0.15) is 13.3 Å². The summed E-state index contributed by atoms with van der Waals surface area (Å²) in [5, 5.41) is 9.00. The Balaban J connectivity index is 2.59. The molecule has 76 valence electrons. The molecular weight excluding hydrogens is 172 g/mol. The summed E-state index contributed by atoms with van der Waals surface area (Å²) in [7, 11) is 1.61. The molecule has 4 heteroatoms. The molecular formula is C9H16O4. The van der Waals surface area contributed by atoms with E-state index in [9.17, 15) is 0 Å². The zero-order valence-corrected chi connectivity index (χ0v) is 8.03. The molecule has 1 aliphatic heterocycles. The highest BCUT2D eigenvalue weighted by atomic mass is 16.8. The summed E-state index contributed by atoms with van der Waals surface area (Å²) in [6, 6.07) is 0. The molecule has 4 nitrogen and oxygen atoms in total. The normalized spacial score (nSPS) is 32.8. The second-order valence-corrected chi connectivity index (χ2v) is 3.27. The molecule has 1 rings (SSSR count). The Morgan fingerprint density at radius 1 is 1.77 bits per heavy atom. The van der Waals surface area contributed by atoms with Crippen LogP contribution in [-0.2, 0) is 14.2 Å². The number of ether oxygens (including phenoxy) is 3.